The molecule has 4 nitrogen and oxygen atoms in total. The Kier molecular flexibility index (Phi) is 2.31. The molecule has 0 aliphatic heterocycles. The van der Waals surface area contributed by atoms with Gasteiger partial charge in [0.15, 0.2) is 5.41 Å². The van der Waals surface area contributed by atoms with E-state index >= 15 is 0 Å². The largest absolute Gasteiger partial charge is 0.239 e. The van der Waals surface area contributed by atoms with Crippen LogP contribution in [0.1, 0.15) is 29.8 Å². The molecule has 76 valence electrons. The Morgan fingerprint density at radius 3 is 2.56 bits per heavy atom. The smallest absolute Gasteiger partial charge is 0.185 e. The minimum Gasteiger partial charge on any atom is -0.239 e. The molecule has 0 aromatic carbocycles. The van der Waals surface area contributed by atoms with Gasteiger partial charge >= 0.3 is 0 Å². The SMILES string of the molecule is N#Cc1ccc2c(n1)C(C#N)(C#N)CCC2. The van der Waals surface area contributed by atoms with E-state index in [-0.39, 0.29) is 5.69 Å². The maximum atomic E-state index is 9.16. The molecule has 0 saturated heterocycles. The molecule has 2 rings (SSSR count). The van der Waals surface area contributed by atoms with Gasteiger partial charge in [0.2, 0.25) is 0 Å². The Hall–Kier alpha value is -2.38. The van der Waals surface area contributed by atoms with Crippen molar-refractivity contribution >= 4 is 0 Å². The molecule has 1 aliphatic rings. The molecule has 0 amide bonds. The van der Waals surface area contributed by atoms with Gasteiger partial charge in [0.25, 0.3) is 0 Å². The van der Waals surface area contributed by atoms with E-state index in [0.717, 1.165) is 18.4 Å². The molecule has 0 saturated carbocycles. The quantitative estimate of drug-likeness (QED) is 0.647. The minimum atomic E-state index is -1.17. The van der Waals surface area contributed by atoms with Crippen LogP contribution in [0.4, 0.5) is 0 Å². The summed E-state index contributed by atoms with van der Waals surface area (Å²) < 4.78 is 0. The maximum Gasteiger partial charge on any atom is 0.185 e. The molecule has 0 N–H and O–H groups in total. The zero-order valence-electron chi connectivity index (χ0n) is 8.56. The van der Waals surface area contributed by atoms with Gasteiger partial charge in [-0.2, -0.15) is 15.8 Å². The van der Waals surface area contributed by atoms with Gasteiger partial charge in [0, 0.05) is 0 Å². The fourth-order valence-corrected chi connectivity index (χ4v) is 2.03. The van der Waals surface area contributed by atoms with Crippen molar-refractivity contribution in [1.29, 1.82) is 15.8 Å². The van der Waals surface area contributed by atoms with Gasteiger partial charge in [0.05, 0.1) is 17.8 Å². The van der Waals surface area contributed by atoms with Crippen molar-refractivity contribution in [1.82, 2.24) is 4.98 Å². The van der Waals surface area contributed by atoms with E-state index < -0.39 is 5.41 Å². The van der Waals surface area contributed by atoms with Gasteiger partial charge in [-0.05, 0) is 30.9 Å². The van der Waals surface area contributed by atoms with Gasteiger partial charge in [0.1, 0.15) is 11.8 Å². The average Bonchev–Trinajstić information content (AvgIpc) is 2.37. The summed E-state index contributed by atoms with van der Waals surface area (Å²) in [5.41, 5.74) is 0.479. The summed E-state index contributed by atoms with van der Waals surface area (Å²) in [6.45, 7) is 0. The number of hydrogen-bond acceptors (Lipinski definition) is 4. The molecule has 0 unspecified atom stereocenters. The van der Waals surface area contributed by atoms with Gasteiger partial charge in [-0.3, -0.25) is 0 Å². The van der Waals surface area contributed by atoms with Crippen LogP contribution >= 0.6 is 0 Å². The maximum absolute atomic E-state index is 9.16. The van der Waals surface area contributed by atoms with E-state index in [9.17, 15) is 0 Å². The highest BCUT2D eigenvalue weighted by atomic mass is 14.8. The van der Waals surface area contributed by atoms with E-state index in [1.54, 1.807) is 12.1 Å². The third-order valence-corrected chi connectivity index (χ3v) is 2.88. The second kappa shape index (κ2) is 3.65. The van der Waals surface area contributed by atoms with Crippen molar-refractivity contribution < 1.29 is 0 Å². The normalized spacial score (nSPS) is 16.3. The van der Waals surface area contributed by atoms with Crippen molar-refractivity contribution in [2.75, 3.05) is 0 Å². The minimum absolute atomic E-state index is 0.260. The molecule has 4 heteroatoms. The summed E-state index contributed by atoms with van der Waals surface area (Å²) in [4.78, 5) is 4.12. The van der Waals surface area contributed by atoms with Crippen LogP contribution in [-0.2, 0) is 11.8 Å². The first-order valence-electron chi connectivity index (χ1n) is 4.99. The Morgan fingerprint density at radius 1 is 1.19 bits per heavy atom. The zero-order valence-corrected chi connectivity index (χ0v) is 8.56. The number of nitriles is 3. The third kappa shape index (κ3) is 1.31. The standard InChI is InChI=1S/C12H8N4/c13-6-10-4-3-9-2-1-5-12(7-14,8-15)11(9)16-10/h3-4H,1-2,5H2. The van der Waals surface area contributed by atoms with Gasteiger partial charge in [-0.15, -0.1) is 0 Å². The van der Waals surface area contributed by atoms with E-state index in [0.29, 0.717) is 12.1 Å². The van der Waals surface area contributed by atoms with Crippen LogP contribution < -0.4 is 0 Å². The van der Waals surface area contributed by atoms with Crippen molar-refractivity contribution in [3.8, 4) is 18.2 Å². The van der Waals surface area contributed by atoms with Gasteiger partial charge < -0.3 is 0 Å². The monoisotopic (exact) mass is 208 g/mol. The van der Waals surface area contributed by atoms with E-state index in [1.807, 2.05) is 18.2 Å². The first-order chi connectivity index (χ1) is 7.75. The Morgan fingerprint density at radius 2 is 1.94 bits per heavy atom. The molecule has 0 atom stereocenters. The second-order valence-corrected chi connectivity index (χ2v) is 3.80. The van der Waals surface area contributed by atoms with E-state index in [2.05, 4.69) is 4.98 Å². The summed E-state index contributed by atoms with van der Waals surface area (Å²) in [6.07, 6.45) is 2.12. The van der Waals surface area contributed by atoms with Gasteiger partial charge in [-0.25, -0.2) is 4.98 Å². The first-order valence-corrected chi connectivity index (χ1v) is 4.99. The summed E-state index contributed by atoms with van der Waals surface area (Å²) in [5.74, 6) is 0. The predicted octanol–water partition coefficient (Wildman–Crippen LogP) is 1.57. The molecule has 0 radical (unpaired) electrons. The topological polar surface area (TPSA) is 84.3 Å². The number of aryl methyl sites for hydroxylation is 1. The molecule has 0 spiro atoms. The van der Waals surface area contributed by atoms with Crippen molar-refractivity contribution in [3.63, 3.8) is 0 Å². The number of fused-ring (bicyclic) bond motifs is 1. The van der Waals surface area contributed by atoms with Crippen LogP contribution in [0.25, 0.3) is 0 Å². The molecule has 1 heterocycles. The number of hydrogen-bond donors (Lipinski definition) is 0. The summed E-state index contributed by atoms with van der Waals surface area (Å²) in [5, 5.41) is 27.1. The van der Waals surface area contributed by atoms with Crippen LogP contribution in [0.2, 0.25) is 0 Å². The lowest BCUT2D eigenvalue weighted by Gasteiger charge is -2.25. The Labute approximate surface area is 93.4 Å². The van der Waals surface area contributed by atoms with Crippen LogP contribution in [-0.4, -0.2) is 4.98 Å². The summed E-state index contributed by atoms with van der Waals surface area (Å²) in [6, 6.07) is 9.44. The van der Waals surface area contributed by atoms with Crippen molar-refractivity contribution in [2.45, 2.75) is 24.7 Å². The lowest BCUT2D eigenvalue weighted by Crippen LogP contribution is -2.29. The van der Waals surface area contributed by atoms with Crippen molar-refractivity contribution in [2.24, 2.45) is 0 Å². The molecular formula is C12H8N4. The number of aromatic nitrogens is 1. The highest BCUT2D eigenvalue weighted by Gasteiger charge is 2.38. The van der Waals surface area contributed by atoms with Crippen LogP contribution in [0.5, 0.6) is 0 Å². The molecule has 0 bridgehead atoms. The predicted molar refractivity (Wildman–Crippen MR) is 54.8 cm³/mol. The fraction of sp³-hybridized carbons (Fsp3) is 0.333. The molecule has 0 fully saturated rings. The third-order valence-electron chi connectivity index (χ3n) is 2.88. The molecule has 16 heavy (non-hydrogen) atoms. The highest BCUT2D eigenvalue weighted by molar-refractivity contribution is 5.44. The molecule has 1 aromatic heterocycles. The van der Waals surface area contributed by atoms with Crippen LogP contribution in [0, 0.1) is 34.0 Å². The van der Waals surface area contributed by atoms with E-state index in [1.165, 1.54) is 0 Å². The second-order valence-electron chi connectivity index (χ2n) is 3.80. The molecule has 1 aromatic rings. The highest BCUT2D eigenvalue weighted by Crippen LogP contribution is 2.35. The van der Waals surface area contributed by atoms with Crippen LogP contribution in [0.15, 0.2) is 12.1 Å². The lowest BCUT2D eigenvalue weighted by atomic mass is 9.75. The number of nitrogens with zero attached hydrogens (tertiary/aromatic N) is 4. The molecular weight excluding hydrogens is 200 g/mol. The fourth-order valence-electron chi connectivity index (χ4n) is 2.03. The van der Waals surface area contributed by atoms with Crippen molar-refractivity contribution in [3.05, 3.63) is 29.1 Å². The first kappa shape index (κ1) is 10.1. The Balaban J connectivity index is 2.67. The number of rotatable bonds is 0. The van der Waals surface area contributed by atoms with Gasteiger partial charge in [-0.1, -0.05) is 6.07 Å². The average molecular weight is 208 g/mol. The van der Waals surface area contributed by atoms with E-state index in [4.69, 9.17) is 15.8 Å². The summed E-state index contributed by atoms with van der Waals surface area (Å²) >= 11 is 0. The Bertz CT molecular complexity index is 540. The van der Waals surface area contributed by atoms with Crippen LogP contribution in [0.3, 0.4) is 0 Å². The lowest BCUT2D eigenvalue weighted by molar-refractivity contribution is 0.532. The molecule has 1 aliphatic carbocycles. The zero-order chi connectivity index (χ0) is 11.6. The number of pyridine rings is 1. The summed E-state index contributed by atoms with van der Waals surface area (Å²) in [7, 11) is 0.